The van der Waals surface area contributed by atoms with Crippen LogP contribution < -0.4 is 19.6 Å². The molecule has 0 amide bonds. The third kappa shape index (κ3) is 6.55. The molecule has 1 aliphatic rings. The van der Waals surface area contributed by atoms with Crippen LogP contribution in [0.4, 0.5) is 4.39 Å². The smallest absolute Gasteiger partial charge is 0.338 e. The van der Waals surface area contributed by atoms with Crippen molar-refractivity contribution in [3.8, 4) is 5.75 Å². The lowest BCUT2D eigenvalue weighted by molar-refractivity contribution is -0.138. The summed E-state index contributed by atoms with van der Waals surface area (Å²) in [7, 11) is 0. The normalized spacial score (nSPS) is 14.6. The highest BCUT2D eigenvalue weighted by Crippen LogP contribution is 2.35. The second kappa shape index (κ2) is 13.5. The van der Waals surface area contributed by atoms with Crippen molar-refractivity contribution < 1.29 is 18.7 Å². The maximum Gasteiger partial charge on any atom is 0.338 e. The van der Waals surface area contributed by atoms with E-state index >= 15 is 0 Å². The van der Waals surface area contributed by atoms with E-state index in [1.807, 2.05) is 91.2 Å². The molecule has 0 spiro atoms. The van der Waals surface area contributed by atoms with Crippen molar-refractivity contribution in [2.45, 2.75) is 24.5 Å². The molecule has 0 saturated heterocycles. The second-order valence-corrected chi connectivity index (χ2v) is 12.1. The third-order valence-corrected chi connectivity index (χ3v) is 9.03. The Morgan fingerprint density at radius 3 is 2.36 bits per heavy atom. The number of thiazole rings is 1. The molecule has 1 aromatic heterocycles. The van der Waals surface area contributed by atoms with Gasteiger partial charge in [0.15, 0.2) is 4.80 Å². The molecule has 0 radical (unpaired) electrons. The van der Waals surface area contributed by atoms with Crippen molar-refractivity contribution in [1.82, 2.24) is 4.57 Å². The van der Waals surface area contributed by atoms with Crippen LogP contribution in [0.2, 0.25) is 0 Å². The Morgan fingerprint density at radius 1 is 0.978 bits per heavy atom. The Morgan fingerprint density at radius 2 is 1.69 bits per heavy atom. The predicted octanol–water partition coefficient (Wildman–Crippen LogP) is 6.38. The van der Waals surface area contributed by atoms with E-state index in [0.29, 0.717) is 33.0 Å². The average Bonchev–Trinajstić information content (AvgIpc) is 3.38. The van der Waals surface area contributed by atoms with Gasteiger partial charge in [0.05, 0.1) is 28.5 Å². The van der Waals surface area contributed by atoms with Crippen molar-refractivity contribution in [1.29, 1.82) is 0 Å². The van der Waals surface area contributed by atoms with Crippen LogP contribution in [0.3, 0.4) is 0 Å². The van der Waals surface area contributed by atoms with Crippen LogP contribution in [0, 0.1) is 5.82 Å². The van der Waals surface area contributed by atoms with Gasteiger partial charge in [-0.05, 0) is 72.3 Å². The fourth-order valence-corrected chi connectivity index (χ4v) is 6.51. The first-order valence-corrected chi connectivity index (χ1v) is 16.4. The van der Waals surface area contributed by atoms with Crippen LogP contribution in [0.5, 0.6) is 5.75 Å². The number of nitrogens with zero attached hydrogens (tertiary/aromatic N) is 2. The molecule has 0 saturated carbocycles. The summed E-state index contributed by atoms with van der Waals surface area (Å²) in [6.45, 7) is 2.26. The SMILES string of the molecule is CCOC(=O)C1=C(c2ccccc2)N=c2s/c(=C\c3ccc(OCc4ccc(F)cc4)cc3)c(=O)n2[C@@H]1c1ccc(SC)cc1. The largest absolute Gasteiger partial charge is 0.489 e. The number of halogens is 1. The van der Waals surface area contributed by atoms with Gasteiger partial charge in [0.1, 0.15) is 18.2 Å². The van der Waals surface area contributed by atoms with Gasteiger partial charge in [0.25, 0.3) is 5.56 Å². The Kier molecular flexibility index (Phi) is 9.09. The highest BCUT2D eigenvalue weighted by molar-refractivity contribution is 7.98. The standard InChI is InChI=1S/C36H29FN2O4S2/c1-3-42-35(41)31-32(25-7-5-4-6-8-25)38-36-39(33(31)26-13-19-29(44-2)20-14-26)34(40)30(45-36)21-23-11-17-28(18-12-23)43-22-24-9-15-27(37)16-10-24/h4-21,33H,3,22H2,1-2H3/b30-21-/t33-/m1/s1. The van der Waals surface area contributed by atoms with Gasteiger partial charge in [0.2, 0.25) is 0 Å². The molecular formula is C36H29FN2O4S2. The van der Waals surface area contributed by atoms with Crippen LogP contribution in [-0.2, 0) is 16.1 Å². The number of carbonyl (C=O) groups is 1. The molecule has 1 aliphatic heterocycles. The number of esters is 1. The van der Waals surface area contributed by atoms with Gasteiger partial charge < -0.3 is 9.47 Å². The maximum absolute atomic E-state index is 14.1. The Bertz CT molecular complexity index is 2030. The zero-order valence-electron chi connectivity index (χ0n) is 24.6. The van der Waals surface area contributed by atoms with Crippen LogP contribution >= 0.6 is 23.1 Å². The topological polar surface area (TPSA) is 69.9 Å². The quantitative estimate of drug-likeness (QED) is 0.139. The van der Waals surface area contributed by atoms with Crippen LogP contribution in [0.1, 0.15) is 35.2 Å². The van der Waals surface area contributed by atoms with E-state index in [-0.39, 0.29) is 18.0 Å². The minimum absolute atomic E-state index is 0.191. The zero-order valence-corrected chi connectivity index (χ0v) is 26.2. The molecule has 1 atom stereocenters. The molecule has 9 heteroatoms. The second-order valence-electron chi connectivity index (χ2n) is 10.2. The lowest BCUT2D eigenvalue weighted by atomic mass is 9.93. The lowest BCUT2D eigenvalue weighted by Crippen LogP contribution is -2.40. The molecule has 226 valence electrons. The van der Waals surface area contributed by atoms with Gasteiger partial charge in [-0.2, -0.15) is 0 Å². The Labute approximate surface area is 267 Å². The van der Waals surface area contributed by atoms with E-state index in [0.717, 1.165) is 27.1 Å². The van der Waals surface area contributed by atoms with Crippen molar-refractivity contribution in [3.63, 3.8) is 0 Å². The van der Waals surface area contributed by atoms with Gasteiger partial charge in [-0.1, -0.05) is 78.1 Å². The summed E-state index contributed by atoms with van der Waals surface area (Å²) in [5.74, 6) is -0.149. The molecule has 0 aliphatic carbocycles. The number of thioether (sulfide) groups is 1. The molecular weight excluding hydrogens is 608 g/mol. The van der Waals surface area contributed by atoms with E-state index in [4.69, 9.17) is 14.5 Å². The first kappa shape index (κ1) is 30.3. The lowest BCUT2D eigenvalue weighted by Gasteiger charge is -2.26. The van der Waals surface area contributed by atoms with Crippen molar-refractivity contribution in [3.05, 3.63) is 156 Å². The van der Waals surface area contributed by atoms with E-state index in [2.05, 4.69) is 0 Å². The maximum atomic E-state index is 14.1. The number of rotatable bonds is 9. The number of hydrogen-bond acceptors (Lipinski definition) is 7. The predicted molar refractivity (Wildman–Crippen MR) is 176 cm³/mol. The van der Waals surface area contributed by atoms with Gasteiger partial charge in [-0.15, -0.1) is 11.8 Å². The monoisotopic (exact) mass is 636 g/mol. The molecule has 0 fully saturated rings. The summed E-state index contributed by atoms with van der Waals surface area (Å²) in [6, 6.07) is 30.2. The van der Waals surface area contributed by atoms with Crippen LogP contribution in [0.25, 0.3) is 11.8 Å². The number of aromatic nitrogens is 1. The van der Waals surface area contributed by atoms with E-state index < -0.39 is 12.0 Å². The van der Waals surface area contributed by atoms with E-state index in [1.165, 1.54) is 23.5 Å². The van der Waals surface area contributed by atoms with Crippen molar-refractivity contribution in [2.75, 3.05) is 12.9 Å². The van der Waals surface area contributed by atoms with Gasteiger partial charge in [-0.25, -0.2) is 14.2 Å². The molecule has 0 unspecified atom stereocenters. The fourth-order valence-electron chi connectivity index (χ4n) is 5.10. The molecule has 6 rings (SSSR count). The van der Waals surface area contributed by atoms with Gasteiger partial charge in [-0.3, -0.25) is 9.36 Å². The summed E-state index contributed by atoms with van der Waals surface area (Å²) >= 11 is 2.90. The summed E-state index contributed by atoms with van der Waals surface area (Å²) < 4.78 is 26.7. The first-order valence-electron chi connectivity index (χ1n) is 14.3. The molecule has 45 heavy (non-hydrogen) atoms. The van der Waals surface area contributed by atoms with Crippen molar-refractivity contribution >= 4 is 40.8 Å². The molecule has 5 aromatic rings. The van der Waals surface area contributed by atoms with E-state index in [1.54, 1.807) is 35.4 Å². The van der Waals surface area contributed by atoms with Crippen LogP contribution in [0.15, 0.2) is 123 Å². The summed E-state index contributed by atoms with van der Waals surface area (Å²) in [4.78, 5) is 34.2. The van der Waals surface area contributed by atoms with Crippen molar-refractivity contribution in [2.24, 2.45) is 4.99 Å². The average molecular weight is 637 g/mol. The number of benzene rings is 4. The molecule has 0 N–H and O–H groups in total. The Balaban J connectivity index is 1.43. The molecule has 0 bridgehead atoms. The minimum Gasteiger partial charge on any atom is -0.489 e. The molecule has 4 aromatic carbocycles. The van der Waals surface area contributed by atoms with E-state index in [9.17, 15) is 14.0 Å². The molecule has 6 nitrogen and oxygen atoms in total. The highest BCUT2D eigenvalue weighted by Gasteiger charge is 2.35. The summed E-state index contributed by atoms with van der Waals surface area (Å²) in [5, 5.41) is 0. The number of ether oxygens (including phenoxy) is 2. The minimum atomic E-state index is -0.726. The third-order valence-electron chi connectivity index (χ3n) is 7.30. The van der Waals surface area contributed by atoms with Gasteiger partial charge in [0, 0.05) is 10.5 Å². The number of hydrogen-bond donors (Lipinski definition) is 0. The highest BCUT2D eigenvalue weighted by atomic mass is 32.2. The summed E-state index contributed by atoms with van der Waals surface area (Å²) in [6.07, 6.45) is 3.82. The van der Waals surface area contributed by atoms with Gasteiger partial charge >= 0.3 is 5.97 Å². The number of fused-ring (bicyclic) bond motifs is 1. The first-order chi connectivity index (χ1) is 21.9. The number of carbonyl (C=O) groups excluding carboxylic acids is 1. The molecule has 2 heterocycles. The zero-order chi connectivity index (χ0) is 31.3. The fraction of sp³-hybridized carbons (Fsp3) is 0.139. The summed E-state index contributed by atoms with van der Waals surface area (Å²) in [5.41, 5.74) is 3.78. The Hall–Kier alpha value is -4.73. The van der Waals surface area contributed by atoms with Crippen LogP contribution in [-0.4, -0.2) is 23.4 Å².